The summed E-state index contributed by atoms with van der Waals surface area (Å²) in [5.74, 6) is 0. The van der Waals surface area contributed by atoms with E-state index in [0.717, 1.165) is 12.2 Å². The highest BCUT2D eigenvalue weighted by Crippen LogP contribution is 1.79. The molecule has 0 fully saturated rings. The first-order valence-corrected chi connectivity index (χ1v) is 3.62. The molecule has 0 radical (unpaired) electrons. The van der Waals surface area contributed by atoms with Gasteiger partial charge in [0.1, 0.15) is 0 Å². The summed E-state index contributed by atoms with van der Waals surface area (Å²) < 4.78 is 8.17. The molecule has 1 unspecified atom stereocenters. The van der Waals surface area contributed by atoms with Gasteiger partial charge in [-0.15, -0.1) is 0 Å². The van der Waals surface area contributed by atoms with Crippen LogP contribution in [-0.4, -0.2) is 12.2 Å². The molecule has 0 heterocycles. The molecule has 1 rings (SSSR count). The number of carbonyl (C=O) groups excluding carboxylic acids is 2. The molecule has 0 saturated carbocycles. The molecule has 0 saturated heterocycles. The van der Waals surface area contributed by atoms with E-state index in [9.17, 15) is 0 Å². The summed E-state index contributed by atoms with van der Waals surface area (Å²) in [7, 11) is 1.17. The second-order valence-electron chi connectivity index (χ2n) is 1.36. The summed E-state index contributed by atoms with van der Waals surface area (Å²) >= 11 is 0. The second-order valence-corrected chi connectivity index (χ2v) is 1.36. The molecule has 0 amide bonds. The molecular formula is C8H10N2O3P+. The predicted molar refractivity (Wildman–Crippen MR) is 53.7 cm³/mol. The summed E-state index contributed by atoms with van der Waals surface area (Å²) in [6.07, 6.45) is 1.50. The van der Waals surface area contributed by atoms with Gasteiger partial charge in [0.25, 0.3) is 0 Å². The maximum absolute atomic E-state index is 8.35. The molecule has 74 valence electrons. The van der Waals surface area contributed by atoms with Gasteiger partial charge in [0.2, 0.25) is 12.2 Å². The van der Waals surface area contributed by atoms with Gasteiger partial charge in [0, 0.05) is 0 Å². The van der Waals surface area contributed by atoms with Crippen LogP contribution < -0.4 is 0 Å². The number of rotatable bonds is 0. The van der Waals surface area contributed by atoms with E-state index in [1.165, 1.54) is 9.12 Å². The van der Waals surface area contributed by atoms with Crippen LogP contribution in [0.25, 0.3) is 0 Å². The Hall–Kier alpha value is -1.92. The van der Waals surface area contributed by atoms with E-state index < -0.39 is 0 Å². The fourth-order valence-corrected chi connectivity index (χ4v) is 0.385. The molecule has 1 aromatic carbocycles. The maximum Gasteiger partial charge on any atom is 0.310 e. The highest BCUT2D eigenvalue weighted by molar-refractivity contribution is 7.00. The fraction of sp³-hybridized carbons (Fsp3) is 0. The van der Waals surface area contributed by atoms with Crippen molar-refractivity contribution in [1.29, 1.82) is 10.8 Å². The van der Waals surface area contributed by atoms with Gasteiger partial charge >= 0.3 is 9.12 Å². The number of nitrogens with one attached hydrogen (secondary N) is 2. The Morgan fingerprint density at radius 1 is 0.714 bits per heavy atom. The van der Waals surface area contributed by atoms with Crippen molar-refractivity contribution in [3.8, 4) is 0 Å². The first kappa shape index (κ1) is 18.0. The van der Waals surface area contributed by atoms with Crippen molar-refractivity contribution in [1.82, 2.24) is 0 Å². The van der Waals surface area contributed by atoms with Gasteiger partial charge in [-0.3, -0.25) is 0 Å². The number of hydrogen-bond donors (Lipinski definition) is 2. The van der Waals surface area contributed by atoms with E-state index in [-0.39, 0.29) is 0 Å². The lowest BCUT2D eigenvalue weighted by Gasteiger charge is -1.69. The average molecular weight is 213 g/mol. The smallest absolute Gasteiger partial charge is 0.222 e. The fourth-order valence-electron chi connectivity index (χ4n) is 0.385. The normalized spacial score (nSPS) is 4.86. The highest BCUT2D eigenvalue weighted by Gasteiger charge is 1.57. The minimum Gasteiger partial charge on any atom is -0.222 e. The third kappa shape index (κ3) is 49.9. The van der Waals surface area contributed by atoms with E-state index in [1.54, 1.807) is 0 Å². The zero-order chi connectivity index (χ0) is 11.7. The Balaban J connectivity index is -0.000000132. The largest absolute Gasteiger partial charge is 0.310 e. The number of isocyanates is 2. The van der Waals surface area contributed by atoms with Crippen LogP contribution in [0.5, 0.6) is 0 Å². The molecule has 0 aromatic heterocycles. The predicted octanol–water partition coefficient (Wildman–Crippen LogP) is 1.70. The maximum atomic E-state index is 8.35. The molecule has 0 aliphatic carbocycles. The van der Waals surface area contributed by atoms with Gasteiger partial charge in [-0.05, 0) is 0 Å². The second kappa shape index (κ2) is 30.5. The molecule has 1 atom stereocenters. The van der Waals surface area contributed by atoms with Crippen LogP contribution in [0.2, 0.25) is 0 Å². The number of benzene rings is 1. The molecule has 0 bridgehead atoms. The summed E-state index contributed by atoms with van der Waals surface area (Å²) in [6, 6.07) is 12.0. The van der Waals surface area contributed by atoms with E-state index in [4.69, 9.17) is 25.0 Å². The lowest BCUT2D eigenvalue weighted by atomic mass is 10.4. The number of hydrogen-bond acceptors (Lipinski definition) is 5. The monoisotopic (exact) mass is 213 g/mol. The van der Waals surface area contributed by atoms with Crippen molar-refractivity contribution in [2.45, 2.75) is 0 Å². The van der Waals surface area contributed by atoms with Crippen LogP contribution in [0, 0.1) is 10.8 Å². The van der Waals surface area contributed by atoms with E-state index >= 15 is 0 Å². The molecule has 5 nitrogen and oxygen atoms in total. The van der Waals surface area contributed by atoms with E-state index in [1.807, 2.05) is 36.4 Å². The SMILES string of the molecule is N=C=O.N=C=O.O=[PH2+].c1ccccc1. The van der Waals surface area contributed by atoms with Crippen molar-refractivity contribution in [2.24, 2.45) is 0 Å². The first-order valence-electron chi connectivity index (χ1n) is 3.14. The molecule has 6 heteroatoms. The van der Waals surface area contributed by atoms with Gasteiger partial charge in [0.05, 0.1) is 0 Å². The standard InChI is InChI=1S/C6H6.2CHNO.H2OP/c1-2-4-6-5-3-1;2*2-1-3;1-2/h1-6H;2*2H;2H2/q;;;+1. The van der Waals surface area contributed by atoms with E-state index in [0.29, 0.717) is 0 Å². The van der Waals surface area contributed by atoms with Crippen molar-refractivity contribution in [3.05, 3.63) is 36.4 Å². The van der Waals surface area contributed by atoms with Crippen LogP contribution in [0.15, 0.2) is 36.4 Å². The molecular weight excluding hydrogens is 203 g/mol. The lowest BCUT2D eigenvalue weighted by Crippen LogP contribution is -1.47. The quantitative estimate of drug-likeness (QED) is 0.389. The lowest BCUT2D eigenvalue weighted by molar-refractivity contribution is 0.562. The molecule has 2 N–H and O–H groups in total. The van der Waals surface area contributed by atoms with Crippen LogP contribution >= 0.6 is 9.12 Å². The summed E-state index contributed by atoms with van der Waals surface area (Å²) in [6.45, 7) is 0. The minimum absolute atomic E-state index is 0.750. The third-order valence-electron chi connectivity index (χ3n) is 0.667. The van der Waals surface area contributed by atoms with Crippen molar-refractivity contribution in [3.63, 3.8) is 0 Å². The van der Waals surface area contributed by atoms with Crippen molar-refractivity contribution < 1.29 is 14.2 Å². The van der Waals surface area contributed by atoms with Gasteiger partial charge in [-0.2, -0.15) is 0 Å². The van der Waals surface area contributed by atoms with Gasteiger partial charge in [-0.1, -0.05) is 41.0 Å². The molecule has 0 aliphatic heterocycles. The van der Waals surface area contributed by atoms with Crippen molar-refractivity contribution in [2.75, 3.05) is 0 Å². The Kier molecular flexibility index (Phi) is 39.1. The van der Waals surface area contributed by atoms with Gasteiger partial charge < -0.3 is 0 Å². The van der Waals surface area contributed by atoms with Crippen LogP contribution in [0.4, 0.5) is 0 Å². The first-order chi connectivity index (χ1) is 6.83. The molecule has 14 heavy (non-hydrogen) atoms. The minimum atomic E-state index is 0.750. The van der Waals surface area contributed by atoms with Gasteiger partial charge in [0.15, 0.2) is 0 Å². The Morgan fingerprint density at radius 2 is 0.786 bits per heavy atom. The summed E-state index contributed by atoms with van der Waals surface area (Å²) in [5.41, 5.74) is 0. The third-order valence-corrected chi connectivity index (χ3v) is 0.667. The Labute approximate surface area is 83.4 Å². The zero-order valence-electron chi connectivity index (χ0n) is 7.27. The average Bonchev–Trinajstić information content (AvgIpc) is 2.26. The summed E-state index contributed by atoms with van der Waals surface area (Å²) in [5, 5.41) is 10.8. The topological polar surface area (TPSA) is 98.9 Å². The molecule has 1 aromatic rings. The van der Waals surface area contributed by atoms with Crippen molar-refractivity contribution >= 4 is 21.3 Å². The van der Waals surface area contributed by atoms with Crippen LogP contribution in [-0.2, 0) is 14.2 Å². The molecule has 0 spiro atoms. The molecule has 0 aliphatic rings. The Morgan fingerprint density at radius 3 is 0.857 bits per heavy atom. The van der Waals surface area contributed by atoms with Gasteiger partial charge in [-0.25, -0.2) is 20.4 Å². The Bertz CT molecular complexity index is 216. The summed E-state index contributed by atoms with van der Waals surface area (Å²) in [4.78, 5) is 16.7. The van der Waals surface area contributed by atoms with Crippen LogP contribution in [0.3, 0.4) is 0 Å². The van der Waals surface area contributed by atoms with E-state index in [2.05, 4.69) is 0 Å². The van der Waals surface area contributed by atoms with Crippen LogP contribution in [0.1, 0.15) is 0 Å². The zero-order valence-corrected chi connectivity index (χ0v) is 8.42. The highest BCUT2D eigenvalue weighted by atomic mass is 31.0.